The molecule has 30 heavy (non-hydrogen) atoms. The quantitative estimate of drug-likeness (QED) is 0.635. The maximum atomic E-state index is 13.5. The molecule has 0 bridgehead atoms. The molecule has 0 spiro atoms. The van der Waals surface area contributed by atoms with E-state index in [0.29, 0.717) is 23.7 Å². The highest BCUT2D eigenvalue weighted by Gasteiger charge is 2.34. The Bertz CT molecular complexity index is 1050. The third-order valence-electron chi connectivity index (χ3n) is 5.08. The molecule has 0 saturated heterocycles. The molecular weight excluding hydrogens is 380 g/mol. The number of benzene rings is 3. The Hall–Kier alpha value is -3.67. The lowest BCUT2D eigenvalue weighted by Gasteiger charge is -2.38. The van der Waals surface area contributed by atoms with Gasteiger partial charge in [0, 0.05) is 11.4 Å². The molecular formula is C24H24N2O4. The van der Waals surface area contributed by atoms with E-state index in [9.17, 15) is 4.79 Å². The van der Waals surface area contributed by atoms with Crippen LogP contribution in [0.1, 0.15) is 29.0 Å². The minimum atomic E-state index is -0.412. The first-order valence-corrected chi connectivity index (χ1v) is 9.80. The predicted octanol–water partition coefficient (Wildman–Crippen LogP) is 4.87. The van der Waals surface area contributed by atoms with Gasteiger partial charge in [0.25, 0.3) is 5.91 Å². The van der Waals surface area contributed by atoms with Gasteiger partial charge in [-0.3, -0.25) is 9.69 Å². The number of ether oxygens (including phenoxy) is 3. The summed E-state index contributed by atoms with van der Waals surface area (Å²) in [6, 6.07) is 20.7. The van der Waals surface area contributed by atoms with Crippen LogP contribution in [0.2, 0.25) is 0 Å². The first kappa shape index (κ1) is 19.6. The SMILES string of the molecule is CCOc1ccc([C@H]2Nc3ccccc3C(=O)N2c2ccc(OC)cc2)cc1OC. The van der Waals surface area contributed by atoms with Gasteiger partial charge in [0.15, 0.2) is 11.5 Å². The van der Waals surface area contributed by atoms with Crippen LogP contribution in [0.25, 0.3) is 0 Å². The fraction of sp³-hybridized carbons (Fsp3) is 0.208. The van der Waals surface area contributed by atoms with E-state index in [2.05, 4.69) is 5.32 Å². The molecule has 1 heterocycles. The largest absolute Gasteiger partial charge is 0.497 e. The molecule has 0 saturated carbocycles. The number of para-hydroxylation sites is 1. The molecule has 0 aromatic heterocycles. The molecule has 0 aliphatic carbocycles. The molecule has 0 radical (unpaired) electrons. The highest BCUT2D eigenvalue weighted by Crippen LogP contribution is 2.39. The van der Waals surface area contributed by atoms with Crippen molar-refractivity contribution in [2.24, 2.45) is 0 Å². The zero-order valence-electron chi connectivity index (χ0n) is 17.2. The number of carbonyl (C=O) groups is 1. The van der Waals surface area contributed by atoms with Gasteiger partial charge in [-0.2, -0.15) is 0 Å². The standard InChI is InChI=1S/C24H24N2O4/c1-4-30-21-14-9-16(15-22(21)29-3)23-25-20-8-6-5-7-19(20)24(27)26(23)17-10-12-18(28-2)13-11-17/h5-15,23,25H,4H2,1-3H3/t23-/m0/s1. The van der Waals surface area contributed by atoms with Crippen molar-refractivity contribution in [1.29, 1.82) is 0 Å². The van der Waals surface area contributed by atoms with E-state index in [1.807, 2.05) is 73.7 Å². The average molecular weight is 404 g/mol. The van der Waals surface area contributed by atoms with Crippen LogP contribution in [0.4, 0.5) is 11.4 Å². The summed E-state index contributed by atoms with van der Waals surface area (Å²) in [4.78, 5) is 15.2. The number of nitrogens with one attached hydrogen (secondary N) is 1. The Morgan fingerprint density at radius 3 is 2.40 bits per heavy atom. The van der Waals surface area contributed by atoms with E-state index in [0.717, 1.165) is 22.7 Å². The Labute approximate surface area is 176 Å². The lowest BCUT2D eigenvalue weighted by molar-refractivity contribution is 0.0975. The highest BCUT2D eigenvalue weighted by molar-refractivity contribution is 6.12. The lowest BCUT2D eigenvalue weighted by Crippen LogP contribution is -2.43. The maximum Gasteiger partial charge on any atom is 0.262 e. The van der Waals surface area contributed by atoms with Crippen molar-refractivity contribution in [3.63, 3.8) is 0 Å². The minimum Gasteiger partial charge on any atom is -0.497 e. The van der Waals surface area contributed by atoms with Gasteiger partial charge < -0.3 is 19.5 Å². The van der Waals surface area contributed by atoms with E-state index in [1.165, 1.54) is 0 Å². The van der Waals surface area contributed by atoms with Crippen molar-refractivity contribution < 1.29 is 19.0 Å². The molecule has 3 aromatic carbocycles. The summed E-state index contributed by atoms with van der Waals surface area (Å²) in [5, 5.41) is 3.50. The summed E-state index contributed by atoms with van der Waals surface area (Å²) in [5.74, 6) is 1.95. The summed E-state index contributed by atoms with van der Waals surface area (Å²) < 4.78 is 16.4. The van der Waals surface area contributed by atoms with Crippen LogP contribution in [-0.2, 0) is 0 Å². The third kappa shape index (κ3) is 3.52. The maximum absolute atomic E-state index is 13.5. The number of hydrogen-bond donors (Lipinski definition) is 1. The molecule has 6 nitrogen and oxygen atoms in total. The number of hydrogen-bond acceptors (Lipinski definition) is 5. The Kier molecular flexibility index (Phi) is 5.48. The molecule has 0 unspecified atom stereocenters. The predicted molar refractivity (Wildman–Crippen MR) is 117 cm³/mol. The van der Waals surface area contributed by atoms with E-state index in [1.54, 1.807) is 19.1 Å². The Morgan fingerprint density at radius 1 is 0.933 bits per heavy atom. The van der Waals surface area contributed by atoms with Gasteiger partial charge >= 0.3 is 0 Å². The van der Waals surface area contributed by atoms with Gasteiger partial charge in [-0.15, -0.1) is 0 Å². The first-order valence-electron chi connectivity index (χ1n) is 9.80. The summed E-state index contributed by atoms with van der Waals surface area (Å²) in [7, 11) is 3.23. The number of fused-ring (bicyclic) bond motifs is 1. The van der Waals surface area contributed by atoms with Crippen molar-refractivity contribution in [3.8, 4) is 17.2 Å². The van der Waals surface area contributed by atoms with Crippen LogP contribution >= 0.6 is 0 Å². The molecule has 1 N–H and O–H groups in total. The topological polar surface area (TPSA) is 60.0 Å². The van der Waals surface area contributed by atoms with E-state index < -0.39 is 6.17 Å². The number of anilines is 2. The van der Waals surface area contributed by atoms with Crippen LogP contribution in [0.3, 0.4) is 0 Å². The highest BCUT2D eigenvalue weighted by atomic mass is 16.5. The van der Waals surface area contributed by atoms with Gasteiger partial charge in [-0.1, -0.05) is 18.2 Å². The van der Waals surface area contributed by atoms with Crippen LogP contribution in [0, 0.1) is 0 Å². The summed E-state index contributed by atoms with van der Waals surface area (Å²) in [6.07, 6.45) is -0.412. The van der Waals surface area contributed by atoms with Crippen molar-refractivity contribution in [3.05, 3.63) is 77.9 Å². The van der Waals surface area contributed by atoms with Crippen molar-refractivity contribution in [2.45, 2.75) is 13.1 Å². The van der Waals surface area contributed by atoms with E-state index in [-0.39, 0.29) is 5.91 Å². The van der Waals surface area contributed by atoms with Crippen LogP contribution in [0.5, 0.6) is 17.2 Å². The third-order valence-corrected chi connectivity index (χ3v) is 5.08. The monoisotopic (exact) mass is 404 g/mol. The number of amides is 1. The van der Waals surface area contributed by atoms with Gasteiger partial charge in [-0.25, -0.2) is 0 Å². The summed E-state index contributed by atoms with van der Waals surface area (Å²) in [6.45, 7) is 2.47. The smallest absolute Gasteiger partial charge is 0.262 e. The second-order valence-electron chi connectivity index (χ2n) is 6.81. The van der Waals surface area contributed by atoms with E-state index >= 15 is 0 Å². The Morgan fingerprint density at radius 2 is 1.70 bits per heavy atom. The van der Waals surface area contributed by atoms with Crippen LogP contribution in [-0.4, -0.2) is 26.7 Å². The van der Waals surface area contributed by atoms with Crippen molar-refractivity contribution in [1.82, 2.24) is 0 Å². The zero-order valence-corrected chi connectivity index (χ0v) is 17.2. The number of methoxy groups -OCH3 is 2. The fourth-order valence-electron chi connectivity index (χ4n) is 3.62. The fourth-order valence-corrected chi connectivity index (χ4v) is 3.62. The van der Waals surface area contributed by atoms with E-state index in [4.69, 9.17) is 14.2 Å². The Balaban J connectivity index is 1.81. The molecule has 1 atom stereocenters. The molecule has 1 amide bonds. The second-order valence-corrected chi connectivity index (χ2v) is 6.81. The van der Waals surface area contributed by atoms with Gasteiger partial charge in [-0.05, 0) is 61.0 Å². The molecule has 1 aliphatic heterocycles. The van der Waals surface area contributed by atoms with Crippen molar-refractivity contribution >= 4 is 17.3 Å². The normalized spacial score (nSPS) is 15.2. The zero-order chi connectivity index (χ0) is 21.1. The average Bonchev–Trinajstić information content (AvgIpc) is 2.79. The molecule has 1 aliphatic rings. The lowest BCUT2D eigenvalue weighted by atomic mass is 10.0. The minimum absolute atomic E-state index is 0.0765. The second kappa shape index (κ2) is 8.37. The number of nitrogens with zero attached hydrogens (tertiary/aromatic N) is 1. The van der Waals surface area contributed by atoms with Crippen LogP contribution < -0.4 is 24.4 Å². The molecule has 0 fully saturated rings. The molecule has 3 aromatic rings. The van der Waals surface area contributed by atoms with Gasteiger partial charge in [0.05, 0.1) is 26.4 Å². The van der Waals surface area contributed by atoms with Crippen molar-refractivity contribution in [2.75, 3.05) is 31.0 Å². The van der Waals surface area contributed by atoms with Crippen LogP contribution in [0.15, 0.2) is 66.7 Å². The first-order chi connectivity index (χ1) is 14.7. The molecule has 4 rings (SSSR count). The summed E-state index contributed by atoms with van der Waals surface area (Å²) in [5.41, 5.74) is 3.07. The molecule has 154 valence electrons. The van der Waals surface area contributed by atoms with Gasteiger partial charge in [0.2, 0.25) is 0 Å². The molecule has 6 heteroatoms. The number of carbonyl (C=O) groups excluding carboxylic acids is 1. The number of rotatable bonds is 6. The summed E-state index contributed by atoms with van der Waals surface area (Å²) >= 11 is 0. The van der Waals surface area contributed by atoms with Gasteiger partial charge in [0.1, 0.15) is 11.9 Å².